The van der Waals surface area contributed by atoms with E-state index in [-0.39, 0.29) is 0 Å². The van der Waals surface area contributed by atoms with E-state index >= 15 is 0 Å². The van der Waals surface area contributed by atoms with Crippen LogP contribution in [0.4, 0.5) is 11.5 Å². The zero-order valence-electron chi connectivity index (χ0n) is 14.6. The Hall–Kier alpha value is -3.30. The molecule has 0 radical (unpaired) electrons. The zero-order chi connectivity index (χ0) is 17.7. The Labute approximate surface area is 149 Å². The molecule has 0 amide bonds. The molecule has 0 saturated carbocycles. The van der Waals surface area contributed by atoms with Crippen LogP contribution >= 0.6 is 0 Å². The van der Waals surface area contributed by atoms with Gasteiger partial charge in [-0.1, -0.05) is 0 Å². The monoisotopic (exact) mass is 350 g/mol. The summed E-state index contributed by atoms with van der Waals surface area (Å²) in [5.74, 6) is 1.69. The van der Waals surface area contributed by atoms with E-state index in [1.165, 1.54) is 0 Å². The molecule has 1 aliphatic heterocycles. The van der Waals surface area contributed by atoms with E-state index < -0.39 is 0 Å². The lowest BCUT2D eigenvalue weighted by Gasteiger charge is -2.37. The molecular weight excluding hydrogens is 332 g/mol. The van der Waals surface area contributed by atoms with Crippen molar-refractivity contribution in [3.05, 3.63) is 36.2 Å². The van der Waals surface area contributed by atoms with Crippen molar-refractivity contribution in [2.75, 3.05) is 36.0 Å². The summed E-state index contributed by atoms with van der Waals surface area (Å²) in [7, 11) is 0. The summed E-state index contributed by atoms with van der Waals surface area (Å²) in [5.41, 5.74) is 4.09. The molecule has 132 valence electrons. The first kappa shape index (κ1) is 15.0. The lowest BCUT2D eigenvalue weighted by molar-refractivity contribution is 0.641. The minimum Gasteiger partial charge on any atom is -0.365 e. The summed E-state index contributed by atoms with van der Waals surface area (Å²) in [6, 6.07) is 2.00. The molecule has 1 aliphatic rings. The predicted molar refractivity (Wildman–Crippen MR) is 95.5 cm³/mol. The first-order valence-corrected chi connectivity index (χ1v) is 8.54. The summed E-state index contributed by atoms with van der Waals surface area (Å²) in [5, 5.41) is 20.8. The topological polar surface area (TPSA) is 92.6 Å². The third-order valence-corrected chi connectivity index (χ3v) is 5.01. The number of fused-ring (bicyclic) bond motifs is 2. The van der Waals surface area contributed by atoms with Crippen molar-refractivity contribution in [3.8, 4) is 0 Å². The van der Waals surface area contributed by atoms with Gasteiger partial charge in [-0.15, -0.1) is 20.4 Å². The van der Waals surface area contributed by atoms with Crippen molar-refractivity contribution in [1.29, 1.82) is 0 Å². The van der Waals surface area contributed by atoms with Crippen molar-refractivity contribution in [2.24, 2.45) is 0 Å². The van der Waals surface area contributed by atoms with Gasteiger partial charge in [0, 0.05) is 32.4 Å². The van der Waals surface area contributed by atoms with E-state index in [4.69, 9.17) is 0 Å². The Morgan fingerprint density at radius 1 is 0.923 bits per heavy atom. The van der Waals surface area contributed by atoms with Crippen LogP contribution in [0.15, 0.2) is 24.9 Å². The van der Waals surface area contributed by atoms with E-state index in [1.54, 1.807) is 23.4 Å². The van der Waals surface area contributed by atoms with Crippen molar-refractivity contribution in [3.63, 3.8) is 0 Å². The minimum absolute atomic E-state index is 0.621. The van der Waals surface area contributed by atoms with Gasteiger partial charge in [-0.05, 0) is 25.5 Å². The van der Waals surface area contributed by atoms with Crippen LogP contribution in [0, 0.1) is 13.8 Å². The molecule has 0 atom stereocenters. The molecule has 5 heterocycles. The minimum atomic E-state index is 0.621. The molecule has 0 N–H and O–H groups in total. The van der Waals surface area contributed by atoms with Gasteiger partial charge in [0.15, 0.2) is 0 Å². The fraction of sp³-hybridized carbons (Fsp3) is 0.375. The first-order chi connectivity index (χ1) is 12.7. The number of anilines is 2. The summed E-state index contributed by atoms with van der Waals surface area (Å²) in [4.78, 5) is 8.94. The van der Waals surface area contributed by atoms with Gasteiger partial charge in [-0.25, -0.2) is 4.98 Å². The van der Waals surface area contributed by atoms with Crippen LogP contribution in [0.1, 0.15) is 11.3 Å². The number of hydrogen-bond donors (Lipinski definition) is 0. The number of aryl methyl sites for hydroxylation is 1. The number of hydrogen-bond acceptors (Lipinski definition) is 8. The Kier molecular flexibility index (Phi) is 3.24. The van der Waals surface area contributed by atoms with Crippen molar-refractivity contribution in [2.45, 2.75) is 13.8 Å². The highest BCUT2D eigenvalue weighted by atomic mass is 15.4. The second-order valence-electron chi connectivity index (χ2n) is 6.44. The van der Waals surface area contributed by atoms with E-state index in [0.717, 1.165) is 54.6 Å². The quantitative estimate of drug-likeness (QED) is 0.516. The molecule has 10 nitrogen and oxygen atoms in total. The van der Waals surface area contributed by atoms with E-state index in [0.29, 0.717) is 5.78 Å². The molecule has 0 aliphatic carbocycles. The molecule has 4 aromatic heterocycles. The maximum Gasteiger partial charge on any atom is 0.256 e. The van der Waals surface area contributed by atoms with Crippen LogP contribution in [0.25, 0.3) is 11.4 Å². The predicted octanol–water partition coefficient (Wildman–Crippen LogP) is 0.505. The molecule has 10 heteroatoms. The number of aromatic nitrogens is 8. The number of piperazine rings is 1. The zero-order valence-corrected chi connectivity index (χ0v) is 14.6. The Bertz CT molecular complexity index is 1090. The Morgan fingerprint density at radius 2 is 1.69 bits per heavy atom. The van der Waals surface area contributed by atoms with Gasteiger partial charge in [0.25, 0.3) is 5.78 Å². The third kappa shape index (κ3) is 2.18. The van der Waals surface area contributed by atoms with Gasteiger partial charge in [0.05, 0.1) is 11.4 Å². The SMILES string of the molecule is Cc1nn2cnnc2c(N2CCN(c3ccnc4nncn34)CC2)c1C. The van der Waals surface area contributed by atoms with Crippen LogP contribution in [0.2, 0.25) is 0 Å². The number of nitrogens with zero attached hydrogens (tertiary/aromatic N) is 10. The van der Waals surface area contributed by atoms with Crippen molar-refractivity contribution < 1.29 is 0 Å². The van der Waals surface area contributed by atoms with Gasteiger partial charge in [0.1, 0.15) is 18.5 Å². The standard InChI is InChI=1S/C16H18N10/c1-11-12(2)22-26-10-19-20-15(26)14(11)24-7-5-23(6-8-24)13-3-4-17-16-21-18-9-25(13)16/h3-4,9-10H,5-8H2,1-2H3. The highest BCUT2D eigenvalue weighted by molar-refractivity contribution is 5.73. The number of rotatable bonds is 2. The first-order valence-electron chi connectivity index (χ1n) is 8.54. The van der Waals surface area contributed by atoms with Crippen LogP contribution in [0.3, 0.4) is 0 Å². The van der Waals surface area contributed by atoms with Crippen LogP contribution in [0.5, 0.6) is 0 Å². The molecule has 0 aromatic carbocycles. The van der Waals surface area contributed by atoms with Crippen LogP contribution < -0.4 is 9.80 Å². The summed E-state index contributed by atoms with van der Waals surface area (Å²) in [6.45, 7) is 7.67. The lowest BCUT2D eigenvalue weighted by Crippen LogP contribution is -2.47. The van der Waals surface area contributed by atoms with Gasteiger partial charge in [-0.3, -0.25) is 4.40 Å². The molecule has 26 heavy (non-hydrogen) atoms. The Balaban J connectivity index is 1.45. The van der Waals surface area contributed by atoms with E-state index in [1.807, 2.05) is 17.4 Å². The molecule has 0 bridgehead atoms. The second-order valence-corrected chi connectivity index (χ2v) is 6.44. The van der Waals surface area contributed by atoms with E-state index in [9.17, 15) is 0 Å². The van der Waals surface area contributed by atoms with Crippen molar-refractivity contribution >= 4 is 22.9 Å². The molecule has 1 saturated heterocycles. The van der Waals surface area contributed by atoms with Gasteiger partial charge in [-0.2, -0.15) is 9.61 Å². The largest absolute Gasteiger partial charge is 0.365 e. The fourth-order valence-corrected chi connectivity index (χ4v) is 3.56. The highest BCUT2D eigenvalue weighted by Gasteiger charge is 2.24. The fourth-order valence-electron chi connectivity index (χ4n) is 3.56. The summed E-state index contributed by atoms with van der Waals surface area (Å²) < 4.78 is 3.68. The average Bonchev–Trinajstić information content (AvgIpc) is 3.31. The van der Waals surface area contributed by atoms with E-state index in [2.05, 4.69) is 47.2 Å². The smallest absolute Gasteiger partial charge is 0.256 e. The molecule has 5 rings (SSSR count). The second kappa shape index (κ2) is 5.61. The maximum atomic E-state index is 4.51. The highest BCUT2D eigenvalue weighted by Crippen LogP contribution is 2.28. The maximum absolute atomic E-state index is 4.51. The average molecular weight is 350 g/mol. The summed E-state index contributed by atoms with van der Waals surface area (Å²) in [6.07, 6.45) is 5.14. The van der Waals surface area contributed by atoms with Crippen LogP contribution in [-0.2, 0) is 0 Å². The normalized spacial score (nSPS) is 15.3. The molecule has 0 unspecified atom stereocenters. The molecule has 1 fully saturated rings. The van der Waals surface area contributed by atoms with Crippen LogP contribution in [-0.4, -0.2) is 65.6 Å². The molecular formula is C16H18N10. The molecule has 4 aromatic rings. The van der Waals surface area contributed by atoms with Crippen molar-refractivity contribution in [1.82, 2.24) is 39.4 Å². The van der Waals surface area contributed by atoms with Gasteiger partial charge in [0.2, 0.25) is 5.65 Å². The summed E-state index contributed by atoms with van der Waals surface area (Å²) >= 11 is 0. The van der Waals surface area contributed by atoms with Gasteiger partial charge < -0.3 is 9.80 Å². The molecule has 0 spiro atoms. The van der Waals surface area contributed by atoms with Gasteiger partial charge >= 0.3 is 0 Å². The lowest BCUT2D eigenvalue weighted by atomic mass is 10.1. The Morgan fingerprint density at radius 3 is 2.54 bits per heavy atom. The third-order valence-electron chi connectivity index (χ3n) is 5.01.